The maximum absolute atomic E-state index is 12.8. The third-order valence-electron chi connectivity index (χ3n) is 3.78. The van der Waals surface area contributed by atoms with Crippen LogP contribution >= 0.6 is 11.3 Å². The van der Waals surface area contributed by atoms with Crippen molar-refractivity contribution in [3.8, 4) is 22.6 Å². The van der Waals surface area contributed by atoms with Gasteiger partial charge in [-0.1, -0.05) is 0 Å². The number of anilines is 1. The zero-order chi connectivity index (χ0) is 17.0. The van der Waals surface area contributed by atoms with Crippen molar-refractivity contribution < 1.29 is 14.3 Å². The Morgan fingerprint density at radius 1 is 1.17 bits per heavy atom. The molecule has 0 saturated heterocycles. The Morgan fingerprint density at radius 3 is 2.43 bits per heavy atom. The second kappa shape index (κ2) is 7.37. The van der Waals surface area contributed by atoms with E-state index in [9.17, 15) is 4.79 Å². The number of amides is 1. The molecule has 23 heavy (non-hydrogen) atoms. The molecule has 2 aromatic rings. The Labute approximate surface area is 140 Å². The van der Waals surface area contributed by atoms with Crippen molar-refractivity contribution in [2.45, 2.75) is 13.8 Å². The lowest BCUT2D eigenvalue weighted by molar-refractivity contribution is 0.0775. The lowest BCUT2D eigenvalue weighted by Gasteiger charge is -2.20. The smallest absolute Gasteiger partial charge is 0.257 e. The van der Waals surface area contributed by atoms with Gasteiger partial charge in [-0.2, -0.15) is 0 Å². The van der Waals surface area contributed by atoms with Crippen LogP contribution in [0.5, 0.6) is 11.5 Å². The van der Waals surface area contributed by atoms with E-state index >= 15 is 0 Å². The topological polar surface area (TPSA) is 64.8 Å². The first-order valence-corrected chi connectivity index (χ1v) is 8.33. The summed E-state index contributed by atoms with van der Waals surface area (Å²) < 4.78 is 10.7. The predicted octanol–water partition coefficient (Wildman–Crippen LogP) is 3.50. The number of methoxy groups -OCH3 is 2. The van der Waals surface area contributed by atoms with Gasteiger partial charge in [0.1, 0.15) is 11.5 Å². The number of carbonyl (C=O) groups is 1. The minimum Gasteiger partial charge on any atom is -0.497 e. The van der Waals surface area contributed by atoms with Crippen LogP contribution in [0.3, 0.4) is 0 Å². The molecule has 0 bridgehead atoms. The molecule has 2 rings (SSSR count). The van der Waals surface area contributed by atoms with E-state index < -0.39 is 0 Å². The van der Waals surface area contributed by atoms with Crippen LogP contribution in [-0.2, 0) is 0 Å². The monoisotopic (exact) mass is 334 g/mol. The van der Waals surface area contributed by atoms with Crippen LogP contribution in [0.15, 0.2) is 23.6 Å². The van der Waals surface area contributed by atoms with Crippen LogP contribution in [0.1, 0.15) is 24.2 Å². The fraction of sp³-hybridized carbons (Fsp3) is 0.353. The highest BCUT2D eigenvalue weighted by Gasteiger charge is 2.24. The Balaban J connectivity index is 2.60. The highest BCUT2D eigenvalue weighted by molar-refractivity contribution is 7.15. The second-order valence-electron chi connectivity index (χ2n) is 4.93. The summed E-state index contributed by atoms with van der Waals surface area (Å²) in [5.74, 6) is 1.32. The first-order chi connectivity index (χ1) is 11.1. The van der Waals surface area contributed by atoms with E-state index in [1.807, 2.05) is 37.4 Å². The molecule has 0 fully saturated rings. The molecular formula is C17H22N2O3S. The SMILES string of the molecule is CCN(CC)C(=O)c1c(-c2cc(OC)ccc2OC)csc1N. The van der Waals surface area contributed by atoms with Gasteiger partial charge in [-0.25, -0.2) is 0 Å². The Hall–Kier alpha value is -2.21. The van der Waals surface area contributed by atoms with Gasteiger partial charge in [0, 0.05) is 29.6 Å². The molecule has 0 aliphatic heterocycles. The van der Waals surface area contributed by atoms with Crippen molar-refractivity contribution in [3.63, 3.8) is 0 Å². The minimum atomic E-state index is -0.0615. The number of rotatable bonds is 6. The standard InChI is InChI=1S/C17H22N2O3S/c1-5-19(6-2)17(20)15-13(10-23-16(15)18)12-9-11(21-3)7-8-14(12)22-4/h7-10H,5-6,18H2,1-4H3. The number of ether oxygens (including phenoxy) is 2. The number of benzene rings is 1. The van der Waals surface area contributed by atoms with Crippen LogP contribution in [0.25, 0.3) is 11.1 Å². The first-order valence-electron chi connectivity index (χ1n) is 7.45. The fourth-order valence-corrected chi connectivity index (χ4v) is 3.29. The number of hydrogen-bond donors (Lipinski definition) is 1. The van der Waals surface area contributed by atoms with Gasteiger partial charge >= 0.3 is 0 Å². The largest absolute Gasteiger partial charge is 0.497 e. The van der Waals surface area contributed by atoms with Crippen molar-refractivity contribution in [1.82, 2.24) is 4.90 Å². The van der Waals surface area contributed by atoms with Gasteiger partial charge in [0.25, 0.3) is 5.91 Å². The lowest BCUT2D eigenvalue weighted by Crippen LogP contribution is -2.31. The number of nitrogens with two attached hydrogens (primary N) is 1. The van der Waals surface area contributed by atoms with Crippen molar-refractivity contribution in [1.29, 1.82) is 0 Å². The van der Waals surface area contributed by atoms with E-state index in [-0.39, 0.29) is 5.91 Å². The minimum absolute atomic E-state index is 0.0615. The Bertz CT molecular complexity index is 693. The molecule has 0 saturated carbocycles. The van der Waals surface area contributed by atoms with Crippen LogP contribution < -0.4 is 15.2 Å². The average molecular weight is 334 g/mol. The van der Waals surface area contributed by atoms with E-state index in [1.54, 1.807) is 19.1 Å². The van der Waals surface area contributed by atoms with E-state index in [1.165, 1.54) is 11.3 Å². The highest BCUT2D eigenvalue weighted by Crippen LogP contribution is 2.40. The van der Waals surface area contributed by atoms with Gasteiger partial charge in [-0.05, 0) is 32.0 Å². The summed E-state index contributed by atoms with van der Waals surface area (Å²) in [5.41, 5.74) is 8.20. The summed E-state index contributed by atoms with van der Waals surface area (Å²) in [7, 11) is 3.21. The summed E-state index contributed by atoms with van der Waals surface area (Å²) in [6.45, 7) is 5.18. The van der Waals surface area contributed by atoms with Crippen LogP contribution in [0.2, 0.25) is 0 Å². The number of nitrogen functional groups attached to an aromatic ring is 1. The van der Waals surface area contributed by atoms with Crippen molar-refractivity contribution in [2.75, 3.05) is 33.0 Å². The quantitative estimate of drug-likeness (QED) is 0.878. The van der Waals surface area contributed by atoms with Gasteiger partial charge in [-0.15, -0.1) is 11.3 Å². The Kier molecular flexibility index (Phi) is 5.50. The van der Waals surface area contributed by atoms with Gasteiger partial charge in [-0.3, -0.25) is 4.79 Å². The van der Waals surface area contributed by atoms with E-state index in [2.05, 4.69) is 0 Å². The van der Waals surface area contributed by atoms with Gasteiger partial charge in [0.05, 0.1) is 24.8 Å². The van der Waals surface area contributed by atoms with Gasteiger partial charge in [0.2, 0.25) is 0 Å². The second-order valence-corrected chi connectivity index (χ2v) is 5.84. The molecular weight excluding hydrogens is 312 g/mol. The molecule has 0 atom stereocenters. The molecule has 0 aliphatic rings. The van der Waals surface area contributed by atoms with Crippen molar-refractivity contribution in [3.05, 3.63) is 29.1 Å². The normalized spacial score (nSPS) is 10.4. The number of nitrogens with zero attached hydrogens (tertiary/aromatic N) is 1. The van der Waals surface area contributed by atoms with Crippen molar-refractivity contribution in [2.24, 2.45) is 0 Å². The Morgan fingerprint density at radius 2 is 1.87 bits per heavy atom. The highest BCUT2D eigenvalue weighted by atomic mass is 32.1. The molecule has 124 valence electrons. The number of thiophene rings is 1. The van der Waals surface area contributed by atoms with E-state index in [0.29, 0.717) is 35.2 Å². The van der Waals surface area contributed by atoms with Crippen LogP contribution in [-0.4, -0.2) is 38.1 Å². The predicted molar refractivity (Wildman–Crippen MR) is 94.5 cm³/mol. The molecule has 1 heterocycles. The zero-order valence-corrected chi connectivity index (χ0v) is 14.7. The summed E-state index contributed by atoms with van der Waals surface area (Å²) in [6, 6.07) is 5.51. The molecule has 0 radical (unpaired) electrons. The summed E-state index contributed by atoms with van der Waals surface area (Å²) in [4.78, 5) is 14.6. The molecule has 6 heteroatoms. The maximum atomic E-state index is 12.8. The third kappa shape index (κ3) is 3.27. The zero-order valence-electron chi connectivity index (χ0n) is 13.9. The first kappa shape index (κ1) is 17.1. The molecule has 0 aliphatic carbocycles. The summed E-state index contributed by atoms with van der Waals surface area (Å²) in [6.07, 6.45) is 0. The molecule has 1 amide bonds. The van der Waals surface area contributed by atoms with Gasteiger partial charge < -0.3 is 20.1 Å². The number of hydrogen-bond acceptors (Lipinski definition) is 5. The average Bonchev–Trinajstić information content (AvgIpc) is 2.96. The fourth-order valence-electron chi connectivity index (χ4n) is 2.49. The number of carbonyl (C=O) groups excluding carboxylic acids is 1. The molecule has 0 unspecified atom stereocenters. The third-order valence-corrected chi connectivity index (χ3v) is 4.59. The summed E-state index contributed by atoms with van der Waals surface area (Å²) in [5, 5.41) is 2.41. The molecule has 5 nitrogen and oxygen atoms in total. The molecule has 2 N–H and O–H groups in total. The van der Waals surface area contributed by atoms with Crippen LogP contribution in [0.4, 0.5) is 5.00 Å². The summed E-state index contributed by atoms with van der Waals surface area (Å²) >= 11 is 1.36. The van der Waals surface area contributed by atoms with Gasteiger partial charge in [0.15, 0.2) is 0 Å². The van der Waals surface area contributed by atoms with E-state index in [4.69, 9.17) is 15.2 Å². The molecule has 1 aromatic heterocycles. The van der Waals surface area contributed by atoms with Crippen LogP contribution in [0, 0.1) is 0 Å². The van der Waals surface area contributed by atoms with E-state index in [0.717, 1.165) is 11.1 Å². The molecule has 0 spiro atoms. The lowest BCUT2D eigenvalue weighted by atomic mass is 10.0. The maximum Gasteiger partial charge on any atom is 0.257 e. The van der Waals surface area contributed by atoms with Crippen molar-refractivity contribution >= 4 is 22.2 Å². The molecule has 1 aromatic carbocycles.